The molecule has 0 saturated heterocycles. The molecule has 0 aliphatic carbocycles. The molecule has 2 heterocycles. The molecule has 6 heteroatoms. The van der Waals surface area contributed by atoms with E-state index in [1.165, 1.54) is 11.3 Å². The molecular weight excluding hydrogens is 338 g/mol. The zero-order chi connectivity index (χ0) is 16.5. The molecule has 4 nitrogen and oxygen atoms in total. The van der Waals surface area contributed by atoms with E-state index >= 15 is 0 Å². The van der Waals surface area contributed by atoms with Gasteiger partial charge in [0.1, 0.15) is 0 Å². The Morgan fingerprint density at radius 1 is 1.04 bits per heavy atom. The Hall–Kier alpha value is -2.31. The van der Waals surface area contributed by atoms with Gasteiger partial charge in [-0.3, -0.25) is 4.79 Å². The van der Waals surface area contributed by atoms with E-state index in [0.717, 1.165) is 31.0 Å². The predicted molar refractivity (Wildman–Crippen MR) is 101 cm³/mol. The number of anilines is 1. The lowest BCUT2D eigenvalue weighted by Gasteiger charge is -1.99. The van der Waals surface area contributed by atoms with E-state index < -0.39 is 0 Å². The number of para-hydroxylation sites is 2. The third-order valence-corrected chi connectivity index (χ3v) is 5.80. The summed E-state index contributed by atoms with van der Waals surface area (Å²) in [6.45, 7) is 2.03. The van der Waals surface area contributed by atoms with E-state index in [0.29, 0.717) is 18.0 Å². The Balaban J connectivity index is 1.43. The number of aryl methyl sites for hydroxylation is 2. The van der Waals surface area contributed by atoms with Gasteiger partial charge in [0.05, 0.1) is 25.4 Å². The summed E-state index contributed by atoms with van der Waals surface area (Å²) in [6.07, 6.45) is 1.06. The zero-order valence-corrected chi connectivity index (χ0v) is 14.7. The van der Waals surface area contributed by atoms with Crippen LogP contribution in [0.25, 0.3) is 20.4 Å². The van der Waals surface area contributed by atoms with Gasteiger partial charge in [0.15, 0.2) is 5.13 Å². The van der Waals surface area contributed by atoms with Crippen molar-refractivity contribution in [1.82, 2.24) is 9.97 Å². The molecule has 0 radical (unpaired) electrons. The maximum atomic E-state index is 12.2. The number of thiazole rings is 2. The Bertz CT molecular complexity index is 1000. The van der Waals surface area contributed by atoms with Gasteiger partial charge in [-0.2, -0.15) is 0 Å². The molecule has 2 aromatic heterocycles. The van der Waals surface area contributed by atoms with Gasteiger partial charge in [-0.25, -0.2) is 9.97 Å². The average molecular weight is 353 g/mol. The quantitative estimate of drug-likeness (QED) is 0.574. The highest BCUT2D eigenvalue weighted by molar-refractivity contribution is 7.22. The van der Waals surface area contributed by atoms with Gasteiger partial charge in [-0.1, -0.05) is 35.6 Å². The monoisotopic (exact) mass is 353 g/mol. The molecule has 0 spiro atoms. The van der Waals surface area contributed by atoms with E-state index in [-0.39, 0.29) is 5.91 Å². The second kappa shape index (κ2) is 6.30. The second-order valence-electron chi connectivity index (χ2n) is 5.56. The molecule has 1 amide bonds. The van der Waals surface area contributed by atoms with Crippen molar-refractivity contribution < 1.29 is 4.79 Å². The summed E-state index contributed by atoms with van der Waals surface area (Å²) in [6, 6.07) is 14.1. The SMILES string of the molecule is Cc1cccc2sc(NC(=O)CCc3nc4ccccc4s3)nc12. The van der Waals surface area contributed by atoms with Crippen molar-refractivity contribution in [2.24, 2.45) is 0 Å². The average Bonchev–Trinajstić information content (AvgIpc) is 3.16. The van der Waals surface area contributed by atoms with Gasteiger partial charge in [0.2, 0.25) is 5.91 Å². The van der Waals surface area contributed by atoms with Crippen LogP contribution in [0.5, 0.6) is 0 Å². The summed E-state index contributed by atoms with van der Waals surface area (Å²) >= 11 is 3.16. The molecule has 24 heavy (non-hydrogen) atoms. The highest BCUT2D eigenvalue weighted by Gasteiger charge is 2.10. The van der Waals surface area contributed by atoms with E-state index in [2.05, 4.69) is 21.4 Å². The van der Waals surface area contributed by atoms with Crippen LogP contribution >= 0.6 is 22.7 Å². The Kier molecular flexibility index (Phi) is 4.00. The van der Waals surface area contributed by atoms with Gasteiger partial charge in [0, 0.05) is 12.8 Å². The highest BCUT2D eigenvalue weighted by atomic mass is 32.1. The van der Waals surface area contributed by atoms with E-state index in [1.807, 2.05) is 43.3 Å². The third-order valence-electron chi connectivity index (χ3n) is 3.77. The van der Waals surface area contributed by atoms with E-state index in [9.17, 15) is 4.79 Å². The number of fused-ring (bicyclic) bond motifs is 2. The maximum absolute atomic E-state index is 12.2. The first kappa shape index (κ1) is 15.2. The van der Waals surface area contributed by atoms with Crippen molar-refractivity contribution in [3.63, 3.8) is 0 Å². The van der Waals surface area contributed by atoms with Crippen LogP contribution < -0.4 is 5.32 Å². The van der Waals surface area contributed by atoms with E-state index in [4.69, 9.17) is 0 Å². The molecule has 0 atom stereocenters. The molecule has 0 unspecified atom stereocenters. The van der Waals surface area contributed by atoms with Crippen molar-refractivity contribution in [3.05, 3.63) is 53.0 Å². The fourth-order valence-electron chi connectivity index (χ4n) is 2.57. The molecule has 120 valence electrons. The van der Waals surface area contributed by atoms with Gasteiger partial charge >= 0.3 is 0 Å². The molecule has 0 saturated carbocycles. The Morgan fingerprint density at radius 2 is 1.88 bits per heavy atom. The normalized spacial score (nSPS) is 11.2. The summed E-state index contributed by atoms with van der Waals surface area (Å²) in [4.78, 5) is 21.3. The maximum Gasteiger partial charge on any atom is 0.226 e. The molecular formula is C18H15N3OS2. The number of benzene rings is 2. The molecule has 0 bridgehead atoms. The van der Waals surface area contributed by atoms with Crippen LogP contribution in [0.1, 0.15) is 17.0 Å². The van der Waals surface area contributed by atoms with Gasteiger partial charge in [0.25, 0.3) is 0 Å². The standard InChI is InChI=1S/C18H15N3OS2/c1-11-5-4-8-14-17(11)21-18(24-14)20-15(22)9-10-16-19-12-6-2-3-7-13(12)23-16/h2-8H,9-10H2,1H3,(H,20,21,22). The number of hydrogen-bond donors (Lipinski definition) is 1. The van der Waals surface area contributed by atoms with Crippen LogP contribution in [0.15, 0.2) is 42.5 Å². The number of carbonyl (C=O) groups excluding carboxylic acids is 1. The van der Waals surface area contributed by atoms with Gasteiger partial charge < -0.3 is 5.32 Å². The van der Waals surface area contributed by atoms with Crippen LogP contribution in [0.2, 0.25) is 0 Å². The Labute approximate surface area is 147 Å². The molecule has 4 rings (SSSR count). The first-order valence-corrected chi connectivity index (χ1v) is 9.33. The zero-order valence-electron chi connectivity index (χ0n) is 13.1. The molecule has 0 fully saturated rings. The summed E-state index contributed by atoms with van der Waals surface area (Å²) in [5.41, 5.74) is 3.09. The van der Waals surface area contributed by atoms with Crippen molar-refractivity contribution in [3.8, 4) is 0 Å². The van der Waals surface area contributed by atoms with Crippen LogP contribution in [-0.2, 0) is 11.2 Å². The van der Waals surface area contributed by atoms with Crippen molar-refractivity contribution in [1.29, 1.82) is 0 Å². The summed E-state index contributed by atoms with van der Waals surface area (Å²) < 4.78 is 2.26. The van der Waals surface area contributed by atoms with Gasteiger partial charge in [-0.15, -0.1) is 11.3 Å². The summed E-state index contributed by atoms with van der Waals surface area (Å²) in [7, 11) is 0. The molecule has 4 aromatic rings. The fourth-order valence-corrected chi connectivity index (χ4v) is 4.50. The number of amides is 1. The number of hydrogen-bond acceptors (Lipinski definition) is 5. The Morgan fingerprint density at radius 3 is 2.71 bits per heavy atom. The second-order valence-corrected chi connectivity index (χ2v) is 7.71. The minimum atomic E-state index is -0.0223. The van der Waals surface area contributed by atoms with Crippen LogP contribution in [0.4, 0.5) is 5.13 Å². The van der Waals surface area contributed by atoms with Crippen molar-refractivity contribution >= 4 is 54.1 Å². The lowest BCUT2D eigenvalue weighted by molar-refractivity contribution is -0.116. The summed E-state index contributed by atoms with van der Waals surface area (Å²) in [5, 5.41) is 4.56. The minimum absolute atomic E-state index is 0.0223. The first-order valence-electron chi connectivity index (χ1n) is 7.69. The minimum Gasteiger partial charge on any atom is -0.302 e. The highest BCUT2D eigenvalue weighted by Crippen LogP contribution is 2.28. The predicted octanol–water partition coefficient (Wildman–Crippen LogP) is 4.79. The number of aromatic nitrogens is 2. The van der Waals surface area contributed by atoms with Crippen molar-refractivity contribution in [2.75, 3.05) is 5.32 Å². The summed E-state index contributed by atoms with van der Waals surface area (Å²) in [5.74, 6) is -0.0223. The number of nitrogens with zero attached hydrogens (tertiary/aromatic N) is 2. The largest absolute Gasteiger partial charge is 0.302 e. The molecule has 0 aliphatic rings. The van der Waals surface area contributed by atoms with E-state index in [1.54, 1.807) is 11.3 Å². The lowest BCUT2D eigenvalue weighted by atomic mass is 10.2. The van der Waals surface area contributed by atoms with Crippen LogP contribution in [-0.4, -0.2) is 15.9 Å². The smallest absolute Gasteiger partial charge is 0.226 e. The number of carbonyl (C=O) groups is 1. The third kappa shape index (κ3) is 3.02. The lowest BCUT2D eigenvalue weighted by Crippen LogP contribution is -2.11. The van der Waals surface area contributed by atoms with Crippen LogP contribution in [0.3, 0.4) is 0 Å². The number of rotatable bonds is 4. The molecule has 1 N–H and O–H groups in total. The first-order chi connectivity index (χ1) is 11.7. The van der Waals surface area contributed by atoms with Crippen molar-refractivity contribution in [2.45, 2.75) is 19.8 Å². The number of nitrogens with one attached hydrogen (secondary N) is 1. The molecule has 2 aromatic carbocycles. The topological polar surface area (TPSA) is 54.9 Å². The molecule has 0 aliphatic heterocycles. The van der Waals surface area contributed by atoms with Gasteiger partial charge in [-0.05, 0) is 30.7 Å². The fraction of sp³-hybridized carbons (Fsp3) is 0.167. The van der Waals surface area contributed by atoms with Crippen LogP contribution in [0, 0.1) is 6.92 Å².